The summed E-state index contributed by atoms with van der Waals surface area (Å²) in [6.07, 6.45) is 0.179. The maximum Gasteiger partial charge on any atom is 0.326 e. The van der Waals surface area contributed by atoms with E-state index in [1.807, 2.05) is 18.2 Å². The molecule has 0 aliphatic rings. The van der Waals surface area contributed by atoms with E-state index in [0.29, 0.717) is 17.2 Å². The summed E-state index contributed by atoms with van der Waals surface area (Å²) < 4.78 is 10.3. The van der Waals surface area contributed by atoms with Gasteiger partial charge in [-0.3, -0.25) is 0 Å². The summed E-state index contributed by atoms with van der Waals surface area (Å²) in [6.45, 7) is 0. The first kappa shape index (κ1) is 18.1. The van der Waals surface area contributed by atoms with Crippen molar-refractivity contribution in [1.82, 2.24) is 5.32 Å². The number of nitrogens with one attached hydrogen (secondary N) is 2. The number of rotatable bonds is 7. The lowest BCUT2D eigenvalue weighted by Crippen LogP contribution is -2.44. The van der Waals surface area contributed by atoms with Crippen LogP contribution in [0.3, 0.4) is 0 Å². The minimum absolute atomic E-state index is 0.179. The van der Waals surface area contributed by atoms with Crippen molar-refractivity contribution in [2.24, 2.45) is 0 Å². The van der Waals surface area contributed by atoms with Gasteiger partial charge in [-0.15, -0.1) is 0 Å². The number of amides is 2. The molecule has 0 heterocycles. The van der Waals surface area contributed by atoms with Crippen molar-refractivity contribution >= 4 is 17.7 Å². The van der Waals surface area contributed by atoms with Crippen molar-refractivity contribution in [2.75, 3.05) is 19.5 Å². The van der Waals surface area contributed by atoms with Crippen LogP contribution < -0.4 is 20.1 Å². The minimum Gasteiger partial charge on any atom is -0.497 e. The van der Waals surface area contributed by atoms with Gasteiger partial charge in [0.2, 0.25) is 0 Å². The highest BCUT2D eigenvalue weighted by atomic mass is 16.5. The number of carboxylic acids is 1. The Bertz CT molecular complexity index is 734. The molecule has 0 aromatic heterocycles. The van der Waals surface area contributed by atoms with E-state index in [0.717, 1.165) is 5.56 Å². The summed E-state index contributed by atoms with van der Waals surface area (Å²) in [5.41, 5.74) is 1.19. The van der Waals surface area contributed by atoms with Crippen LogP contribution in [0.25, 0.3) is 0 Å². The van der Waals surface area contributed by atoms with Crippen molar-refractivity contribution in [1.29, 1.82) is 0 Å². The van der Waals surface area contributed by atoms with Crippen LogP contribution in [0.4, 0.5) is 10.5 Å². The second kappa shape index (κ2) is 8.58. The lowest BCUT2D eigenvalue weighted by molar-refractivity contribution is -0.139. The third kappa shape index (κ3) is 5.13. The number of anilines is 1. The average Bonchev–Trinajstić information content (AvgIpc) is 2.61. The Balaban J connectivity index is 2.08. The molecule has 0 saturated heterocycles. The Labute approximate surface area is 145 Å². The molecule has 2 amide bonds. The zero-order valence-electron chi connectivity index (χ0n) is 14.0. The van der Waals surface area contributed by atoms with Gasteiger partial charge in [0.05, 0.1) is 19.9 Å². The summed E-state index contributed by atoms with van der Waals surface area (Å²) in [7, 11) is 2.98. The third-order valence-electron chi connectivity index (χ3n) is 3.54. The van der Waals surface area contributed by atoms with Gasteiger partial charge in [0.1, 0.15) is 17.5 Å². The number of hydrogen-bond acceptors (Lipinski definition) is 4. The molecule has 7 nitrogen and oxygen atoms in total. The first-order chi connectivity index (χ1) is 12.0. The summed E-state index contributed by atoms with van der Waals surface area (Å²) in [5.74, 6) is -0.141. The predicted octanol–water partition coefficient (Wildman–Crippen LogP) is 2.52. The molecule has 132 valence electrons. The molecule has 0 spiro atoms. The molecule has 0 aliphatic heterocycles. The smallest absolute Gasteiger partial charge is 0.326 e. The maximum absolute atomic E-state index is 12.2. The molecule has 2 aromatic rings. The second-order valence-corrected chi connectivity index (χ2v) is 5.25. The van der Waals surface area contributed by atoms with Gasteiger partial charge in [-0.05, 0) is 17.7 Å². The Morgan fingerprint density at radius 2 is 1.80 bits per heavy atom. The number of benzene rings is 2. The molecule has 1 atom stereocenters. The molecule has 2 rings (SSSR count). The van der Waals surface area contributed by atoms with E-state index in [1.54, 1.807) is 30.3 Å². The molecule has 0 radical (unpaired) electrons. The number of carbonyl (C=O) groups excluding carboxylic acids is 1. The highest BCUT2D eigenvalue weighted by Crippen LogP contribution is 2.28. The van der Waals surface area contributed by atoms with Crippen LogP contribution in [0.1, 0.15) is 5.56 Å². The average molecular weight is 344 g/mol. The Hall–Kier alpha value is -3.22. The monoisotopic (exact) mass is 344 g/mol. The fraction of sp³-hybridized carbons (Fsp3) is 0.222. The molecule has 2 aromatic carbocycles. The highest BCUT2D eigenvalue weighted by Gasteiger charge is 2.21. The number of methoxy groups -OCH3 is 2. The fourth-order valence-corrected chi connectivity index (χ4v) is 2.28. The van der Waals surface area contributed by atoms with Gasteiger partial charge in [0.15, 0.2) is 0 Å². The largest absolute Gasteiger partial charge is 0.497 e. The summed E-state index contributed by atoms with van der Waals surface area (Å²) in [5, 5.41) is 14.4. The molecular weight excluding hydrogens is 324 g/mol. The maximum atomic E-state index is 12.2. The van der Waals surface area contributed by atoms with E-state index in [2.05, 4.69) is 10.6 Å². The van der Waals surface area contributed by atoms with E-state index in [-0.39, 0.29) is 6.42 Å². The van der Waals surface area contributed by atoms with Crippen LogP contribution in [0.2, 0.25) is 0 Å². The number of carboxylic acid groups (broad SMARTS) is 1. The molecular formula is C18H20N2O5. The first-order valence-corrected chi connectivity index (χ1v) is 7.59. The lowest BCUT2D eigenvalue weighted by Gasteiger charge is -2.17. The molecule has 3 N–H and O–H groups in total. The summed E-state index contributed by atoms with van der Waals surface area (Å²) in [4.78, 5) is 23.6. The van der Waals surface area contributed by atoms with E-state index in [4.69, 9.17) is 9.47 Å². The molecule has 0 aliphatic carbocycles. The first-order valence-electron chi connectivity index (χ1n) is 7.59. The van der Waals surface area contributed by atoms with E-state index >= 15 is 0 Å². The normalized spacial score (nSPS) is 11.3. The van der Waals surface area contributed by atoms with Crippen molar-refractivity contribution in [3.05, 3.63) is 54.1 Å². The summed E-state index contributed by atoms with van der Waals surface area (Å²) >= 11 is 0. The fourth-order valence-electron chi connectivity index (χ4n) is 2.28. The standard InChI is InChI=1S/C18H20N2O5/c1-24-13-8-9-16(25-2)14(11-13)19-18(23)20-15(17(21)22)10-12-6-4-3-5-7-12/h3-9,11,15H,10H2,1-2H3,(H,21,22)(H2,19,20,23)/t15-/m0/s1. The number of aliphatic carboxylic acids is 1. The van der Waals surface area contributed by atoms with Crippen LogP contribution in [0, 0.1) is 0 Å². The molecule has 0 fully saturated rings. The van der Waals surface area contributed by atoms with Crippen LogP contribution >= 0.6 is 0 Å². The van der Waals surface area contributed by atoms with Crippen molar-refractivity contribution in [2.45, 2.75) is 12.5 Å². The van der Waals surface area contributed by atoms with Gasteiger partial charge in [-0.1, -0.05) is 30.3 Å². The number of ether oxygens (including phenoxy) is 2. The molecule has 0 bridgehead atoms. The van der Waals surface area contributed by atoms with Gasteiger partial charge >= 0.3 is 12.0 Å². The topological polar surface area (TPSA) is 96.9 Å². The van der Waals surface area contributed by atoms with Crippen molar-refractivity contribution < 1.29 is 24.2 Å². The van der Waals surface area contributed by atoms with Gasteiger partial charge in [-0.2, -0.15) is 0 Å². The SMILES string of the molecule is COc1ccc(OC)c(NC(=O)N[C@@H](Cc2ccccc2)C(=O)O)c1. The van der Waals surface area contributed by atoms with E-state index in [1.165, 1.54) is 14.2 Å². The van der Waals surface area contributed by atoms with Crippen LogP contribution in [-0.2, 0) is 11.2 Å². The van der Waals surface area contributed by atoms with E-state index < -0.39 is 18.0 Å². The van der Waals surface area contributed by atoms with Gasteiger partial charge in [0, 0.05) is 12.5 Å². The zero-order chi connectivity index (χ0) is 18.2. The predicted molar refractivity (Wildman–Crippen MR) is 93.3 cm³/mol. The molecule has 0 unspecified atom stereocenters. The van der Waals surface area contributed by atoms with Crippen molar-refractivity contribution in [3.8, 4) is 11.5 Å². The van der Waals surface area contributed by atoms with E-state index in [9.17, 15) is 14.7 Å². The molecule has 25 heavy (non-hydrogen) atoms. The second-order valence-electron chi connectivity index (χ2n) is 5.25. The Morgan fingerprint density at radius 3 is 2.40 bits per heavy atom. The molecule has 0 saturated carbocycles. The van der Waals surface area contributed by atoms with Gasteiger partial charge in [0.25, 0.3) is 0 Å². The Morgan fingerprint density at radius 1 is 1.08 bits per heavy atom. The Kier molecular flexibility index (Phi) is 6.22. The quantitative estimate of drug-likeness (QED) is 0.717. The third-order valence-corrected chi connectivity index (χ3v) is 3.54. The summed E-state index contributed by atoms with van der Waals surface area (Å²) in [6, 6.07) is 12.3. The lowest BCUT2D eigenvalue weighted by atomic mass is 10.1. The van der Waals surface area contributed by atoms with Crippen LogP contribution in [0.5, 0.6) is 11.5 Å². The van der Waals surface area contributed by atoms with Crippen LogP contribution in [0.15, 0.2) is 48.5 Å². The zero-order valence-corrected chi connectivity index (χ0v) is 14.0. The van der Waals surface area contributed by atoms with Gasteiger partial charge < -0.3 is 25.2 Å². The minimum atomic E-state index is -1.11. The van der Waals surface area contributed by atoms with Gasteiger partial charge in [-0.25, -0.2) is 9.59 Å². The van der Waals surface area contributed by atoms with Crippen molar-refractivity contribution in [3.63, 3.8) is 0 Å². The highest BCUT2D eigenvalue weighted by molar-refractivity contribution is 5.93. The van der Waals surface area contributed by atoms with Crippen LogP contribution in [-0.4, -0.2) is 37.4 Å². The number of urea groups is 1. The molecule has 7 heteroatoms. The number of carbonyl (C=O) groups is 2. The number of hydrogen-bond donors (Lipinski definition) is 3.